The van der Waals surface area contributed by atoms with E-state index in [1.165, 1.54) is 72.8 Å². The van der Waals surface area contributed by atoms with E-state index in [0.717, 1.165) is 49.0 Å². The second-order valence-corrected chi connectivity index (χ2v) is 24.0. The molecule has 0 atom stereocenters. The minimum absolute atomic E-state index is 0.0112. The van der Waals surface area contributed by atoms with Gasteiger partial charge < -0.3 is 14.2 Å². The molecule has 0 saturated heterocycles. The summed E-state index contributed by atoms with van der Waals surface area (Å²) >= 11 is 0. The van der Waals surface area contributed by atoms with Crippen molar-refractivity contribution in [1.82, 2.24) is 0 Å². The van der Waals surface area contributed by atoms with Crippen LogP contribution in [0.5, 0.6) is 0 Å². The van der Waals surface area contributed by atoms with E-state index in [0.29, 0.717) is 60.4 Å². The van der Waals surface area contributed by atoms with Crippen LogP contribution in [0, 0.1) is 11.6 Å². The summed E-state index contributed by atoms with van der Waals surface area (Å²) in [7, 11) is 0. The van der Waals surface area contributed by atoms with E-state index in [2.05, 4.69) is 48.5 Å². The Kier molecular flexibility index (Phi) is 10.3. The van der Waals surface area contributed by atoms with Crippen molar-refractivity contribution in [3.05, 3.63) is 387 Å². The number of rotatable bonds is 12. The van der Waals surface area contributed by atoms with E-state index >= 15 is 8.78 Å². The van der Waals surface area contributed by atoms with Gasteiger partial charge >= 0.3 is 0 Å². The van der Waals surface area contributed by atoms with Gasteiger partial charge in [0.05, 0.1) is 42.9 Å². The highest BCUT2D eigenvalue weighted by Gasteiger charge is 2.26. The number of para-hydroxylation sites is 1. The molecular formula is C96H62F2N2O. The predicted octanol–water partition coefficient (Wildman–Crippen LogP) is 27.7. The Labute approximate surface area is 616 Å². The summed E-state index contributed by atoms with van der Waals surface area (Å²) in [4.78, 5) is 3.27. The van der Waals surface area contributed by atoms with Crippen LogP contribution in [0.4, 0.5) is 42.9 Å². The molecule has 19 aromatic rings. The topological polar surface area (TPSA) is 19.6 Å². The Balaban J connectivity index is 0.000000239. The molecule has 0 aliphatic heterocycles. The number of fused-ring (bicyclic) bond motifs is 5. The SMILES string of the molecule is [2H]c1c([2H])c(-c2c3ccccc3c(-c3ccccc3)c3ccccc23)c2c(oc3ccccc32)c1[2H].[2H]c1c([2H])c([2H])c(-c2cc(-c3c([2H])c([2H])c([2H])c([2H])c3[2H])cc(N(c3cccc(F)c3)c3ccc4ccc5c(N(c6cccc(F)c6)c6cc(-c7c([2H])c([2H])c([2H])c([2H])c7[2H])cc(-c7c([2H])c([2H])c([2H])c([2H])c7[2H])c6)ccc6ccc3c4c65)c2)c([2H])c1[2H]. The largest absolute Gasteiger partial charge is 0.456 e. The standard InChI is InChI=1S/C64H42F2N2.C32H20O/c65-53-23-13-25-55(41-53)67(57-37-49(43-15-5-1-6-16-43)35-50(38-57)44-17-7-2-8-18-44)61-33-29-47-28-32-60-62(34-30-48-27-31-59(61)63(47)64(48)60)68(56-26-14-24-54(66)42-56)58-39-51(45-19-9-3-10-20-45)36-52(40-58)46-21-11-4-12-22-46;1-2-11-21(12-3-1)30-22-13-4-6-15-24(22)31(25-16-7-5-14-23(25)30)27-18-10-20-29-32(27)26-17-8-9-19-28(26)33-29/h1-42H;1-20H/i1D,2D,3D,4D,5D,6D,7D,8D,9D,10D,11D,12D,15D,16D,17D,18D,19D,20D,21D,22D;10D,18D,20D. The van der Waals surface area contributed by atoms with Crippen LogP contribution in [0.25, 0.3) is 143 Å². The predicted molar refractivity (Wildman–Crippen MR) is 421 cm³/mol. The Bertz CT molecular complexity index is 7140. The summed E-state index contributed by atoms with van der Waals surface area (Å²) in [5.74, 6) is -1.33. The first kappa shape index (κ1) is 40.5. The molecule has 476 valence electrons. The second-order valence-electron chi connectivity index (χ2n) is 24.0. The molecule has 101 heavy (non-hydrogen) atoms. The van der Waals surface area contributed by atoms with Crippen LogP contribution in [0.3, 0.4) is 0 Å². The maximum Gasteiger partial charge on any atom is 0.136 e. The van der Waals surface area contributed by atoms with E-state index in [4.69, 9.17) is 35.9 Å². The summed E-state index contributed by atoms with van der Waals surface area (Å²) in [6.45, 7) is 0. The van der Waals surface area contributed by atoms with Crippen LogP contribution in [-0.4, -0.2) is 0 Å². The van der Waals surface area contributed by atoms with Gasteiger partial charge in [0.2, 0.25) is 0 Å². The van der Waals surface area contributed by atoms with Crippen LogP contribution in [0.15, 0.2) is 380 Å². The summed E-state index contributed by atoms with van der Waals surface area (Å²) in [5.41, 5.74) is 5.12. The monoisotopic (exact) mass is 1320 g/mol. The molecule has 0 aliphatic rings. The second kappa shape index (κ2) is 25.7. The lowest BCUT2D eigenvalue weighted by Gasteiger charge is -2.30. The van der Waals surface area contributed by atoms with Crippen LogP contribution >= 0.6 is 0 Å². The van der Waals surface area contributed by atoms with Crippen molar-refractivity contribution >= 4 is 110 Å². The van der Waals surface area contributed by atoms with E-state index < -0.39 is 132 Å². The lowest BCUT2D eigenvalue weighted by Crippen LogP contribution is -2.12. The Morgan fingerprint density at radius 1 is 0.248 bits per heavy atom. The van der Waals surface area contributed by atoms with Gasteiger partial charge in [-0.1, -0.05) is 279 Å². The van der Waals surface area contributed by atoms with E-state index in [9.17, 15) is 0 Å². The summed E-state index contributed by atoms with van der Waals surface area (Å²) in [5, 5.41) is 9.42. The normalized spacial score (nSPS) is 14.7. The first-order valence-corrected chi connectivity index (χ1v) is 32.3. The van der Waals surface area contributed by atoms with E-state index in [1.807, 2.05) is 91.0 Å². The fraction of sp³-hybridized carbons (Fsp3) is 0. The Morgan fingerprint density at radius 2 is 0.644 bits per heavy atom. The molecular weight excluding hydrogens is 1240 g/mol. The fourth-order valence-corrected chi connectivity index (χ4v) is 14.0. The maximum atomic E-state index is 15.8. The zero-order valence-electron chi connectivity index (χ0n) is 76.1. The van der Waals surface area contributed by atoms with Crippen LogP contribution in [0.2, 0.25) is 0 Å². The molecule has 18 aromatic carbocycles. The van der Waals surface area contributed by atoms with E-state index in [1.54, 1.807) is 34.1 Å². The van der Waals surface area contributed by atoms with Gasteiger partial charge in [0, 0.05) is 44.3 Å². The van der Waals surface area contributed by atoms with Crippen molar-refractivity contribution in [2.75, 3.05) is 9.80 Å². The molecule has 1 heterocycles. The lowest BCUT2D eigenvalue weighted by atomic mass is 9.85. The van der Waals surface area contributed by atoms with Gasteiger partial charge in [0.15, 0.2) is 0 Å². The molecule has 0 bridgehead atoms. The van der Waals surface area contributed by atoms with Crippen molar-refractivity contribution in [2.45, 2.75) is 0 Å². The molecule has 0 spiro atoms. The van der Waals surface area contributed by atoms with Crippen LogP contribution in [0.1, 0.15) is 31.5 Å². The van der Waals surface area contributed by atoms with Gasteiger partial charge in [0.25, 0.3) is 0 Å². The number of benzene rings is 18. The quantitative estimate of drug-likeness (QED) is 0.0898. The average molecular weight is 1320 g/mol. The highest BCUT2D eigenvalue weighted by atomic mass is 19.1. The molecule has 5 heteroatoms. The molecule has 0 amide bonds. The number of hydrogen-bond acceptors (Lipinski definition) is 3. The van der Waals surface area contributed by atoms with Crippen molar-refractivity contribution in [2.24, 2.45) is 0 Å². The number of furan rings is 1. The highest BCUT2D eigenvalue weighted by molar-refractivity contribution is 6.29. The third-order valence-electron chi connectivity index (χ3n) is 18.2. The molecule has 0 fully saturated rings. The van der Waals surface area contributed by atoms with Crippen molar-refractivity contribution in [1.29, 1.82) is 0 Å². The number of halogens is 2. The van der Waals surface area contributed by atoms with Gasteiger partial charge in [-0.05, 0) is 207 Å². The molecule has 0 unspecified atom stereocenters. The first-order chi connectivity index (χ1) is 59.4. The molecule has 0 aliphatic carbocycles. The number of hydrogen-bond donors (Lipinski definition) is 0. The number of anilines is 6. The van der Waals surface area contributed by atoms with E-state index in [-0.39, 0.29) is 85.4 Å². The van der Waals surface area contributed by atoms with Crippen molar-refractivity contribution in [3.63, 3.8) is 0 Å². The van der Waals surface area contributed by atoms with Crippen molar-refractivity contribution < 1.29 is 44.7 Å². The molecule has 0 saturated carbocycles. The van der Waals surface area contributed by atoms with Gasteiger partial charge in [-0.15, -0.1) is 0 Å². The number of nitrogens with zero attached hydrogens (tertiary/aromatic N) is 2. The van der Waals surface area contributed by atoms with Crippen molar-refractivity contribution in [3.8, 4) is 66.8 Å². The van der Waals surface area contributed by atoms with Crippen LogP contribution < -0.4 is 9.80 Å². The fourth-order valence-electron chi connectivity index (χ4n) is 14.0. The van der Waals surface area contributed by atoms with Crippen LogP contribution in [-0.2, 0) is 0 Å². The van der Waals surface area contributed by atoms with Gasteiger partial charge in [0.1, 0.15) is 22.8 Å². The molecule has 3 nitrogen and oxygen atoms in total. The molecule has 1 aromatic heterocycles. The third kappa shape index (κ3) is 11.0. The Hall–Kier alpha value is -13.2. The molecule has 0 N–H and O–H groups in total. The third-order valence-corrected chi connectivity index (χ3v) is 18.2. The minimum Gasteiger partial charge on any atom is -0.456 e. The van der Waals surface area contributed by atoms with Gasteiger partial charge in [-0.3, -0.25) is 0 Å². The summed E-state index contributed by atoms with van der Waals surface area (Å²) < 4.78 is 239. The smallest absolute Gasteiger partial charge is 0.136 e. The summed E-state index contributed by atoms with van der Waals surface area (Å²) in [6, 6.07) is 56.1. The summed E-state index contributed by atoms with van der Waals surface area (Å²) in [6.07, 6.45) is 0. The zero-order valence-corrected chi connectivity index (χ0v) is 53.1. The minimum atomic E-state index is -0.669. The Morgan fingerprint density at radius 3 is 1.08 bits per heavy atom. The maximum absolute atomic E-state index is 15.8. The van der Waals surface area contributed by atoms with Gasteiger partial charge in [-0.25, -0.2) is 8.78 Å². The lowest BCUT2D eigenvalue weighted by molar-refractivity contribution is 0.627. The molecule has 19 rings (SSSR count). The molecule has 0 radical (unpaired) electrons. The zero-order chi connectivity index (χ0) is 87.3. The first-order valence-electron chi connectivity index (χ1n) is 43.8. The average Bonchev–Trinajstić information content (AvgIpc) is 1.34. The van der Waals surface area contributed by atoms with Gasteiger partial charge in [-0.2, -0.15) is 0 Å². The highest BCUT2D eigenvalue weighted by Crippen LogP contribution is 2.51.